The smallest absolute Gasteiger partial charge is 0.471 e. The number of carbonyl (C=O) groups is 1. The number of hydrogen-bond acceptors (Lipinski definition) is 6. The van der Waals surface area contributed by atoms with Crippen LogP contribution in [0.5, 0.6) is 11.5 Å². The maximum Gasteiger partial charge on any atom is 0.573 e. The van der Waals surface area contributed by atoms with Gasteiger partial charge in [0.1, 0.15) is 12.4 Å². The number of ether oxygens (including phenoxy) is 3. The Labute approximate surface area is 172 Å². The van der Waals surface area contributed by atoms with Crippen molar-refractivity contribution in [3.05, 3.63) is 23.8 Å². The highest BCUT2D eigenvalue weighted by molar-refractivity contribution is 7.85. The largest absolute Gasteiger partial charge is 0.573 e. The Hall–Kier alpha value is -2.45. The molecule has 1 N–H and O–H groups in total. The predicted molar refractivity (Wildman–Crippen MR) is 99.6 cm³/mol. The highest BCUT2D eigenvalue weighted by Crippen LogP contribution is 2.36. The Bertz CT molecular complexity index is 943. The van der Waals surface area contributed by atoms with Gasteiger partial charge in [-0.1, -0.05) is 18.8 Å². The van der Waals surface area contributed by atoms with Gasteiger partial charge in [-0.2, -0.15) is 8.42 Å². The van der Waals surface area contributed by atoms with Gasteiger partial charge in [0.25, 0.3) is 10.1 Å². The molecular weight excluding hydrogens is 429 g/mol. The Morgan fingerprint density at radius 2 is 1.90 bits per heavy atom. The molecule has 1 saturated carbocycles. The molecule has 166 valence electrons. The highest BCUT2D eigenvalue weighted by atomic mass is 32.2. The van der Waals surface area contributed by atoms with Crippen LogP contribution >= 0.6 is 0 Å². The molecule has 0 spiro atoms. The third-order valence-electron chi connectivity index (χ3n) is 4.11. The summed E-state index contributed by atoms with van der Waals surface area (Å²) in [7, 11) is -4.34. The van der Waals surface area contributed by atoms with E-state index in [1.165, 1.54) is 0 Å². The van der Waals surface area contributed by atoms with Crippen molar-refractivity contribution in [2.24, 2.45) is 5.92 Å². The predicted octanol–water partition coefficient (Wildman–Crippen LogP) is 3.59. The van der Waals surface area contributed by atoms with Gasteiger partial charge in [0, 0.05) is 5.92 Å². The van der Waals surface area contributed by atoms with E-state index in [4.69, 9.17) is 14.0 Å². The van der Waals surface area contributed by atoms with E-state index in [0.29, 0.717) is 6.42 Å². The van der Waals surface area contributed by atoms with Gasteiger partial charge in [0.2, 0.25) is 0 Å². The van der Waals surface area contributed by atoms with Crippen LogP contribution < -0.4 is 9.47 Å². The fourth-order valence-corrected chi connectivity index (χ4v) is 2.45. The summed E-state index contributed by atoms with van der Waals surface area (Å²) in [5.41, 5.74) is -1.32. The summed E-state index contributed by atoms with van der Waals surface area (Å²) in [5.74, 6) is 3.32. The second-order valence-electron chi connectivity index (χ2n) is 6.86. The summed E-state index contributed by atoms with van der Waals surface area (Å²) >= 11 is 0. The van der Waals surface area contributed by atoms with Crippen molar-refractivity contribution in [2.75, 3.05) is 12.4 Å². The average Bonchev–Trinajstić information content (AvgIpc) is 3.43. The van der Waals surface area contributed by atoms with Crippen molar-refractivity contribution in [3.8, 4) is 23.3 Å². The van der Waals surface area contributed by atoms with Gasteiger partial charge in [-0.3, -0.25) is 4.55 Å². The number of rotatable bonds is 8. The fourth-order valence-electron chi connectivity index (χ4n) is 2.16. The molecule has 0 aromatic heterocycles. The first kappa shape index (κ1) is 23.8. The number of benzene rings is 1. The molecule has 0 amide bonds. The Balaban J connectivity index is 2.28. The SMILES string of the molecule is CCC(C)(C#CC1CC1)Oc1cc(C(=O)OCCS(=O)(=O)O)ccc1OC(F)(F)F. The molecule has 1 aliphatic rings. The quantitative estimate of drug-likeness (QED) is 0.367. The normalized spacial score (nSPS) is 16.1. The number of alkyl halides is 3. The molecule has 0 bridgehead atoms. The van der Waals surface area contributed by atoms with Crippen LogP contribution in [-0.2, 0) is 14.9 Å². The maximum absolute atomic E-state index is 12.8. The lowest BCUT2D eigenvalue weighted by Gasteiger charge is -2.26. The van der Waals surface area contributed by atoms with Gasteiger partial charge in [-0.05, 0) is 44.4 Å². The average molecular weight is 450 g/mol. The van der Waals surface area contributed by atoms with Crippen LogP contribution in [0.3, 0.4) is 0 Å². The molecule has 1 unspecified atom stereocenters. The molecule has 0 heterocycles. The van der Waals surface area contributed by atoms with E-state index in [1.54, 1.807) is 13.8 Å². The highest BCUT2D eigenvalue weighted by Gasteiger charge is 2.34. The third kappa shape index (κ3) is 8.12. The maximum atomic E-state index is 12.8. The summed E-state index contributed by atoms with van der Waals surface area (Å²) in [5, 5.41) is 0. The second-order valence-corrected chi connectivity index (χ2v) is 8.43. The van der Waals surface area contributed by atoms with Crippen LogP contribution in [0.25, 0.3) is 0 Å². The summed E-state index contributed by atoms with van der Waals surface area (Å²) in [4.78, 5) is 12.1. The van der Waals surface area contributed by atoms with Crippen molar-refractivity contribution in [2.45, 2.75) is 45.1 Å². The number of halogens is 3. The van der Waals surface area contributed by atoms with Crippen molar-refractivity contribution < 1.29 is 45.1 Å². The minimum absolute atomic E-state index is 0.191. The zero-order valence-corrected chi connectivity index (χ0v) is 17.1. The number of carbonyl (C=O) groups excluding carboxylic acids is 1. The summed E-state index contributed by atoms with van der Waals surface area (Å²) in [6, 6.07) is 2.92. The van der Waals surface area contributed by atoms with Gasteiger partial charge < -0.3 is 14.2 Å². The molecule has 0 radical (unpaired) electrons. The summed E-state index contributed by atoms with van der Waals surface area (Å²) < 4.78 is 82.7. The van der Waals surface area contributed by atoms with Gasteiger partial charge in [0.05, 0.1) is 5.56 Å². The van der Waals surface area contributed by atoms with Crippen molar-refractivity contribution in [1.29, 1.82) is 0 Å². The van der Waals surface area contributed by atoms with Gasteiger partial charge in [0.15, 0.2) is 17.1 Å². The Morgan fingerprint density at radius 1 is 1.23 bits per heavy atom. The molecule has 1 aromatic rings. The van der Waals surface area contributed by atoms with Gasteiger partial charge in [-0.15, -0.1) is 13.2 Å². The topological polar surface area (TPSA) is 99.1 Å². The zero-order chi connectivity index (χ0) is 22.6. The molecule has 1 aromatic carbocycles. The van der Waals surface area contributed by atoms with Crippen molar-refractivity contribution in [1.82, 2.24) is 0 Å². The van der Waals surface area contributed by atoms with Crippen LogP contribution in [0, 0.1) is 17.8 Å². The summed E-state index contributed by atoms with van der Waals surface area (Å²) in [6.45, 7) is 2.73. The summed E-state index contributed by atoms with van der Waals surface area (Å²) in [6.07, 6.45) is -2.72. The van der Waals surface area contributed by atoms with Crippen LogP contribution in [-0.4, -0.2) is 43.3 Å². The van der Waals surface area contributed by atoms with E-state index in [0.717, 1.165) is 31.0 Å². The van der Waals surface area contributed by atoms with E-state index >= 15 is 0 Å². The molecule has 11 heteroatoms. The molecule has 2 rings (SSSR count). The lowest BCUT2D eigenvalue weighted by atomic mass is 10.0. The monoisotopic (exact) mass is 450 g/mol. The van der Waals surface area contributed by atoms with Crippen LogP contribution in [0.4, 0.5) is 13.2 Å². The third-order valence-corrected chi connectivity index (χ3v) is 4.79. The molecule has 30 heavy (non-hydrogen) atoms. The molecule has 7 nitrogen and oxygen atoms in total. The van der Waals surface area contributed by atoms with E-state index in [2.05, 4.69) is 16.6 Å². The van der Waals surface area contributed by atoms with Crippen molar-refractivity contribution >= 4 is 16.1 Å². The van der Waals surface area contributed by atoms with Gasteiger partial charge >= 0.3 is 12.3 Å². The van der Waals surface area contributed by atoms with Crippen LogP contribution in [0.1, 0.15) is 43.5 Å². The van der Waals surface area contributed by atoms with Crippen molar-refractivity contribution in [3.63, 3.8) is 0 Å². The van der Waals surface area contributed by atoms with Crippen LogP contribution in [0.2, 0.25) is 0 Å². The minimum atomic E-state index is -4.99. The van der Waals surface area contributed by atoms with Crippen LogP contribution in [0.15, 0.2) is 18.2 Å². The fraction of sp³-hybridized carbons (Fsp3) is 0.526. The molecule has 0 aliphatic heterocycles. The van der Waals surface area contributed by atoms with E-state index in [-0.39, 0.29) is 17.2 Å². The van der Waals surface area contributed by atoms with Gasteiger partial charge in [-0.25, -0.2) is 4.79 Å². The molecule has 1 atom stereocenters. The van der Waals surface area contributed by atoms with E-state index < -0.39 is 46.2 Å². The lowest BCUT2D eigenvalue weighted by molar-refractivity contribution is -0.275. The standard InChI is InChI=1S/C19H21F3O7S/c1-3-18(2,9-8-13-4-5-13)28-16-12-14(6-7-15(16)29-19(20,21)22)17(23)27-10-11-30(24,25)26/h6-7,12-13H,3-5,10-11H2,1-2H3,(H,24,25,26). The molecule has 0 saturated heterocycles. The Morgan fingerprint density at radius 3 is 2.43 bits per heavy atom. The lowest BCUT2D eigenvalue weighted by Crippen LogP contribution is -2.30. The first-order chi connectivity index (χ1) is 13.8. The molecule has 1 fully saturated rings. The number of esters is 1. The Kier molecular flexibility index (Phi) is 7.26. The van der Waals surface area contributed by atoms with E-state index in [9.17, 15) is 26.4 Å². The minimum Gasteiger partial charge on any atom is -0.471 e. The number of hydrogen-bond donors (Lipinski definition) is 1. The molecular formula is C19H21F3O7S. The second kappa shape index (κ2) is 9.14. The first-order valence-electron chi connectivity index (χ1n) is 9.04. The van der Waals surface area contributed by atoms with E-state index in [1.807, 2.05) is 0 Å². The first-order valence-corrected chi connectivity index (χ1v) is 10.6. The molecule has 1 aliphatic carbocycles. The zero-order valence-electron chi connectivity index (χ0n) is 16.3.